The summed E-state index contributed by atoms with van der Waals surface area (Å²) < 4.78 is 0. The molecule has 3 nitrogen and oxygen atoms in total. The van der Waals surface area contributed by atoms with Crippen molar-refractivity contribution in [2.75, 3.05) is 0 Å². The zero-order valence-corrected chi connectivity index (χ0v) is 11.8. The van der Waals surface area contributed by atoms with Gasteiger partial charge < -0.3 is 0 Å². The van der Waals surface area contributed by atoms with E-state index >= 15 is 0 Å². The topological polar surface area (TPSA) is 55.1 Å². The minimum absolute atomic E-state index is 0. The third-order valence-corrected chi connectivity index (χ3v) is 3.75. The van der Waals surface area contributed by atoms with Crippen LogP contribution in [-0.2, 0) is 0 Å². The summed E-state index contributed by atoms with van der Waals surface area (Å²) in [5.41, 5.74) is 5.43. The molecule has 1 amide bonds. The molecule has 0 radical (unpaired) electrons. The lowest BCUT2D eigenvalue weighted by Gasteiger charge is -2.03. The molecule has 0 aromatic heterocycles. The van der Waals surface area contributed by atoms with E-state index in [0.717, 1.165) is 0 Å². The zero-order chi connectivity index (χ0) is 13.2. The van der Waals surface area contributed by atoms with Crippen molar-refractivity contribution in [3.63, 3.8) is 0 Å². The van der Waals surface area contributed by atoms with Crippen LogP contribution in [0.4, 0.5) is 0 Å². The van der Waals surface area contributed by atoms with Crippen LogP contribution in [-0.4, -0.2) is 5.91 Å². The summed E-state index contributed by atoms with van der Waals surface area (Å²) in [6, 6.07) is 18.3. The summed E-state index contributed by atoms with van der Waals surface area (Å²) in [4.78, 5) is 11.4. The van der Waals surface area contributed by atoms with Gasteiger partial charge in [-0.3, -0.25) is 10.2 Å². The minimum Gasteiger partial charge on any atom is -0.290 e. The molecule has 2 aromatic carbocycles. The summed E-state index contributed by atoms with van der Waals surface area (Å²) in [5, 5.41) is 0. The molecule has 3 rings (SSSR count). The Morgan fingerprint density at radius 3 is 2.05 bits per heavy atom. The molecule has 1 fully saturated rings. The van der Waals surface area contributed by atoms with E-state index in [1.165, 1.54) is 17.5 Å². The highest BCUT2D eigenvalue weighted by atomic mass is 35.5. The highest BCUT2D eigenvalue weighted by molar-refractivity contribution is 5.93. The number of amides is 1. The van der Waals surface area contributed by atoms with Gasteiger partial charge in [-0.15, -0.1) is 12.4 Å². The number of carbonyl (C=O) groups is 1. The number of benzene rings is 2. The fourth-order valence-electron chi connectivity index (χ4n) is 2.60. The monoisotopic (exact) mass is 288 g/mol. The fourth-order valence-corrected chi connectivity index (χ4v) is 2.60. The number of hydrazine groups is 1. The first kappa shape index (κ1) is 14.6. The smallest absolute Gasteiger partial charge is 0.265 e. The Hall–Kier alpha value is -1.84. The van der Waals surface area contributed by atoms with Crippen LogP contribution < -0.4 is 11.3 Å². The Morgan fingerprint density at radius 2 is 1.50 bits per heavy atom. The van der Waals surface area contributed by atoms with Gasteiger partial charge in [0.2, 0.25) is 0 Å². The first-order valence-electron chi connectivity index (χ1n) is 6.45. The first-order valence-corrected chi connectivity index (χ1v) is 6.45. The number of halogens is 1. The lowest BCUT2D eigenvalue weighted by atomic mass is 10.0. The van der Waals surface area contributed by atoms with Gasteiger partial charge in [-0.2, -0.15) is 0 Å². The van der Waals surface area contributed by atoms with Crippen LogP contribution in [0, 0.1) is 0 Å². The Kier molecular flexibility index (Phi) is 4.42. The van der Waals surface area contributed by atoms with Gasteiger partial charge in [0.25, 0.3) is 5.91 Å². The van der Waals surface area contributed by atoms with Crippen molar-refractivity contribution in [1.82, 2.24) is 5.43 Å². The van der Waals surface area contributed by atoms with Crippen LogP contribution in [0.2, 0.25) is 0 Å². The van der Waals surface area contributed by atoms with Crippen LogP contribution in [0.15, 0.2) is 54.6 Å². The molecule has 2 atom stereocenters. The van der Waals surface area contributed by atoms with Gasteiger partial charge in [0, 0.05) is 5.56 Å². The van der Waals surface area contributed by atoms with Crippen LogP contribution in [0.5, 0.6) is 0 Å². The van der Waals surface area contributed by atoms with Crippen molar-refractivity contribution in [2.24, 2.45) is 5.84 Å². The summed E-state index contributed by atoms with van der Waals surface area (Å²) in [6.07, 6.45) is 1.19. The highest BCUT2D eigenvalue weighted by Gasteiger charge is 2.39. The molecule has 2 unspecified atom stereocenters. The molecule has 1 saturated carbocycles. The van der Waals surface area contributed by atoms with E-state index in [1.807, 2.05) is 30.3 Å². The van der Waals surface area contributed by atoms with Gasteiger partial charge in [-0.1, -0.05) is 42.5 Å². The molecule has 1 aliphatic carbocycles. The number of hydrogen-bond acceptors (Lipinski definition) is 2. The van der Waals surface area contributed by atoms with Gasteiger partial charge in [-0.25, -0.2) is 5.84 Å². The zero-order valence-electron chi connectivity index (χ0n) is 11.0. The quantitative estimate of drug-likeness (QED) is 0.518. The number of carbonyl (C=O) groups excluding carboxylic acids is 1. The molecule has 0 spiro atoms. The first-order chi connectivity index (χ1) is 9.29. The Morgan fingerprint density at radius 1 is 0.950 bits per heavy atom. The van der Waals surface area contributed by atoms with E-state index in [0.29, 0.717) is 17.4 Å². The van der Waals surface area contributed by atoms with Crippen LogP contribution >= 0.6 is 12.4 Å². The maximum Gasteiger partial charge on any atom is 0.265 e. The van der Waals surface area contributed by atoms with E-state index in [2.05, 4.69) is 29.7 Å². The summed E-state index contributed by atoms with van der Waals surface area (Å²) >= 11 is 0. The lowest BCUT2D eigenvalue weighted by molar-refractivity contribution is 0.0953. The predicted molar refractivity (Wildman–Crippen MR) is 81.9 cm³/mol. The molecule has 0 aliphatic heterocycles. The van der Waals surface area contributed by atoms with Crippen molar-refractivity contribution in [2.45, 2.75) is 18.3 Å². The minimum atomic E-state index is -0.248. The average Bonchev–Trinajstić information content (AvgIpc) is 3.28. The van der Waals surface area contributed by atoms with Crippen molar-refractivity contribution in [3.05, 3.63) is 71.3 Å². The van der Waals surface area contributed by atoms with Crippen molar-refractivity contribution >= 4 is 18.3 Å². The van der Waals surface area contributed by atoms with E-state index < -0.39 is 0 Å². The van der Waals surface area contributed by atoms with Gasteiger partial charge >= 0.3 is 0 Å². The van der Waals surface area contributed by atoms with Crippen molar-refractivity contribution < 1.29 is 4.79 Å². The largest absolute Gasteiger partial charge is 0.290 e. The number of nitrogens with two attached hydrogens (primary N) is 1. The Labute approximate surface area is 124 Å². The van der Waals surface area contributed by atoms with Gasteiger partial charge in [0.05, 0.1) is 0 Å². The standard InChI is InChI=1S/C16H16N2O.ClH/c17-18-16(19)13-8-6-12(7-9-13)15-10-14(15)11-4-2-1-3-5-11;/h1-9,14-15H,10,17H2,(H,18,19);1H. The molecule has 3 N–H and O–H groups in total. The number of nitrogens with one attached hydrogen (secondary N) is 1. The Bertz CT molecular complexity index is 583. The molecule has 0 heterocycles. The molecule has 20 heavy (non-hydrogen) atoms. The molecule has 4 heteroatoms. The molecule has 0 bridgehead atoms. The van der Waals surface area contributed by atoms with Crippen LogP contribution in [0.3, 0.4) is 0 Å². The third kappa shape index (κ3) is 2.84. The second kappa shape index (κ2) is 6.07. The molecular formula is C16H17ClN2O. The second-order valence-corrected chi connectivity index (χ2v) is 4.95. The second-order valence-electron chi connectivity index (χ2n) is 4.95. The Balaban J connectivity index is 0.00000147. The van der Waals surface area contributed by atoms with Crippen LogP contribution in [0.25, 0.3) is 0 Å². The van der Waals surface area contributed by atoms with E-state index in [4.69, 9.17) is 5.84 Å². The number of hydrogen-bond donors (Lipinski definition) is 2. The number of nitrogen functional groups attached to an aromatic ring is 1. The van der Waals surface area contributed by atoms with Crippen LogP contribution in [0.1, 0.15) is 39.7 Å². The van der Waals surface area contributed by atoms with Crippen molar-refractivity contribution in [1.29, 1.82) is 0 Å². The third-order valence-electron chi connectivity index (χ3n) is 3.75. The molecule has 1 aliphatic rings. The summed E-state index contributed by atoms with van der Waals surface area (Å²) in [6.45, 7) is 0. The van der Waals surface area contributed by atoms with Gasteiger partial charge in [0.1, 0.15) is 0 Å². The number of rotatable bonds is 3. The van der Waals surface area contributed by atoms with E-state index in [1.54, 1.807) is 0 Å². The highest BCUT2D eigenvalue weighted by Crippen LogP contribution is 2.54. The molecular weight excluding hydrogens is 272 g/mol. The van der Waals surface area contributed by atoms with E-state index in [-0.39, 0.29) is 18.3 Å². The summed E-state index contributed by atoms with van der Waals surface area (Å²) in [5.74, 6) is 6.07. The van der Waals surface area contributed by atoms with Gasteiger partial charge in [-0.05, 0) is 41.5 Å². The van der Waals surface area contributed by atoms with E-state index in [9.17, 15) is 4.79 Å². The molecule has 2 aromatic rings. The van der Waals surface area contributed by atoms with Crippen molar-refractivity contribution in [3.8, 4) is 0 Å². The predicted octanol–water partition coefficient (Wildman–Crippen LogP) is 2.98. The van der Waals surface area contributed by atoms with Gasteiger partial charge in [0.15, 0.2) is 0 Å². The lowest BCUT2D eigenvalue weighted by Crippen LogP contribution is -2.29. The maximum atomic E-state index is 11.4. The average molecular weight is 289 g/mol. The fraction of sp³-hybridized carbons (Fsp3) is 0.188. The summed E-state index contributed by atoms with van der Waals surface area (Å²) in [7, 11) is 0. The molecule has 104 valence electrons. The maximum absolute atomic E-state index is 11.4. The SMILES string of the molecule is Cl.NNC(=O)c1ccc(C2CC2c2ccccc2)cc1. The normalized spacial score (nSPS) is 19.9. The molecule has 0 saturated heterocycles.